The summed E-state index contributed by atoms with van der Waals surface area (Å²) in [6, 6.07) is 39.0. The van der Waals surface area contributed by atoms with E-state index in [1.807, 2.05) is 121 Å². The molecule has 0 spiro atoms. The molecule has 0 radical (unpaired) electrons. The van der Waals surface area contributed by atoms with Gasteiger partial charge < -0.3 is 0 Å². The molecule has 31 heavy (non-hydrogen) atoms. The van der Waals surface area contributed by atoms with E-state index in [4.69, 9.17) is 11.2 Å². The zero-order chi connectivity index (χ0) is 21.8. The van der Waals surface area contributed by atoms with Crippen molar-refractivity contribution in [2.45, 2.75) is 12.1 Å². The number of carbonyl (C=O) groups is 1. The van der Waals surface area contributed by atoms with Crippen molar-refractivity contribution >= 4 is 39.1 Å². The molecule has 4 aromatic carbocycles. The third-order valence-corrected chi connectivity index (χ3v) is 13.9. The van der Waals surface area contributed by atoms with E-state index in [2.05, 4.69) is 0 Å². The van der Waals surface area contributed by atoms with Crippen LogP contribution in [0.3, 0.4) is 0 Å². The summed E-state index contributed by atoms with van der Waals surface area (Å²) in [6.45, 7) is 0. The second kappa shape index (κ2) is 8.67. The van der Waals surface area contributed by atoms with Crippen molar-refractivity contribution in [3.05, 3.63) is 127 Å². The van der Waals surface area contributed by atoms with Crippen LogP contribution in [0.4, 0.5) is 0 Å². The van der Waals surface area contributed by atoms with E-state index in [1.165, 1.54) is 0 Å². The van der Waals surface area contributed by atoms with Crippen molar-refractivity contribution in [3.63, 3.8) is 0 Å². The van der Waals surface area contributed by atoms with E-state index in [1.54, 1.807) is 0 Å². The molecule has 0 saturated heterocycles. The van der Waals surface area contributed by atoms with Crippen molar-refractivity contribution < 1.29 is 9.90 Å². The van der Waals surface area contributed by atoms with Crippen LogP contribution >= 0.6 is 17.2 Å². The zero-order valence-corrected chi connectivity index (χ0v) is 18.7. The Hall–Kier alpha value is -2.93. The Morgan fingerprint density at radius 2 is 0.968 bits per heavy atom. The molecule has 4 rings (SSSR count). The van der Waals surface area contributed by atoms with Gasteiger partial charge in [0.05, 0.1) is 0 Å². The van der Waals surface area contributed by atoms with E-state index in [0.717, 1.165) is 21.5 Å². The van der Waals surface area contributed by atoms with Gasteiger partial charge in [0.2, 0.25) is 0 Å². The summed E-state index contributed by atoms with van der Waals surface area (Å²) in [6.07, 6.45) is 0.330. The number of hydrogen-bond donors (Lipinski definition) is 1. The molecule has 1 N–H and O–H groups in total. The molecule has 2 nitrogen and oxygen atoms in total. The summed E-state index contributed by atoms with van der Waals surface area (Å²) >= 11 is 8.03. The van der Waals surface area contributed by atoms with Crippen LogP contribution in [0.2, 0.25) is 0 Å². The molecule has 0 bridgehead atoms. The monoisotopic (exact) mass is 446 g/mol. The van der Waals surface area contributed by atoms with Crippen LogP contribution in [0, 0.1) is 0 Å². The van der Waals surface area contributed by atoms with Gasteiger partial charge in [-0.3, -0.25) is 0 Å². The van der Waals surface area contributed by atoms with Crippen molar-refractivity contribution in [1.29, 1.82) is 0 Å². The van der Waals surface area contributed by atoms with E-state index in [-0.39, 0.29) is 0 Å². The van der Waals surface area contributed by atoms with Gasteiger partial charge in [0.25, 0.3) is 0 Å². The van der Waals surface area contributed by atoms with Crippen LogP contribution in [0.25, 0.3) is 0 Å². The van der Waals surface area contributed by atoms with Gasteiger partial charge >= 0.3 is 188 Å². The predicted octanol–water partition coefficient (Wildman–Crippen LogP) is 5.37. The summed E-state index contributed by atoms with van der Waals surface area (Å²) in [5.41, 5.74) is 0.106. The van der Waals surface area contributed by atoms with Crippen LogP contribution in [0.15, 0.2) is 121 Å². The Morgan fingerprint density at radius 3 is 1.29 bits per heavy atom. The molecule has 1 unspecified atom stereocenters. The third kappa shape index (κ3) is 3.57. The van der Waals surface area contributed by atoms with Crippen LogP contribution < -0.4 is 15.9 Å². The van der Waals surface area contributed by atoms with Gasteiger partial charge in [-0.25, -0.2) is 0 Å². The Bertz CT molecular complexity index is 1050. The molecular weight excluding hydrogens is 423 g/mol. The predicted molar refractivity (Wildman–Crippen MR) is 133 cm³/mol. The Labute approximate surface area is 187 Å². The second-order valence-corrected chi connectivity index (χ2v) is 14.1. The molecule has 4 heteroatoms. The number of benzene rings is 4. The molecular formula is C27H24ClO2P. The summed E-state index contributed by atoms with van der Waals surface area (Å²) in [5.74, 6) is -4.85. The molecule has 0 aliphatic heterocycles. The first-order chi connectivity index (χ1) is 15.1. The SMILES string of the molecule is O=C(O)C(Cc1ccccc1)P(Cl)(c1ccccc1)(c1ccccc1)c1ccccc1. The number of carboxylic acids is 1. The van der Waals surface area contributed by atoms with E-state index >= 15 is 0 Å². The number of carboxylic acid groups (broad SMARTS) is 1. The first-order valence-corrected chi connectivity index (χ1v) is 13.4. The van der Waals surface area contributed by atoms with Gasteiger partial charge in [0.1, 0.15) is 0 Å². The Kier molecular flexibility index (Phi) is 5.96. The van der Waals surface area contributed by atoms with Crippen LogP contribution in [0.5, 0.6) is 0 Å². The molecule has 0 fully saturated rings. The molecule has 0 amide bonds. The number of rotatable bonds is 7. The standard InChI is InChI=1S/C27H24ClO2P/c28-31(23-15-7-2-8-16-23,24-17-9-3-10-18-24,25-19-11-4-12-20-25)26(27(29)30)21-22-13-5-1-6-14-22/h1-20,26H,21H2,(H,29,30). The first kappa shape index (κ1) is 21.3. The summed E-state index contributed by atoms with van der Waals surface area (Å²) in [5, 5.41) is 13.2. The number of hydrogen-bond acceptors (Lipinski definition) is 1. The minimum absolute atomic E-state index is 0.330. The van der Waals surface area contributed by atoms with E-state index in [9.17, 15) is 9.90 Å². The number of aliphatic carboxylic acids is 1. The van der Waals surface area contributed by atoms with Crippen LogP contribution in [0.1, 0.15) is 5.56 Å². The molecule has 1 atom stereocenters. The second-order valence-electron chi connectivity index (χ2n) is 7.62. The maximum atomic E-state index is 13.0. The molecule has 0 saturated carbocycles. The molecule has 0 aliphatic carbocycles. The van der Waals surface area contributed by atoms with Gasteiger partial charge in [-0.05, 0) is 0 Å². The van der Waals surface area contributed by atoms with E-state index in [0.29, 0.717) is 6.42 Å². The molecule has 0 heterocycles. The maximum absolute atomic E-state index is 13.0. The average molecular weight is 447 g/mol. The van der Waals surface area contributed by atoms with Crippen LogP contribution in [-0.2, 0) is 11.2 Å². The first-order valence-electron chi connectivity index (χ1n) is 10.2. The van der Waals surface area contributed by atoms with Gasteiger partial charge in [-0.2, -0.15) is 0 Å². The van der Waals surface area contributed by atoms with Gasteiger partial charge in [0, 0.05) is 0 Å². The zero-order valence-electron chi connectivity index (χ0n) is 17.0. The molecule has 0 aromatic heterocycles. The Balaban J connectivity index is 2.12. The van der Waals surface area contributed by atoms with Gasteiger partial charge in [-0.15, -0.1) is 0 Å². The minimum atomic E-state index is -3.95. The Morgan fingerprint density at radius 1 is 0.645 bits per heavy atom. The van der Waals surface area contributed by atoms with Crippen molar-refractivity contribution in [3.8, 4) is 0 Å². The fraction of sp³-hybridized carbons (Fsp3) is 0.0741. The molecule has 4 aromatic rings. The summed E-state index contributed by atoms with van der Waals surface area (Å²) < 4.78 is 0. The van der Waals surface area contributed by atoms with Gasteiger partial charge in [-0.1, -0.05) is 0 Å². The topological polar surface area (TPSA) is 37.3 Å². The van der Waals surface area contributed by atoms with Crippen molar-refractivity contribution in [2.75, 3.05) is 0 Å². The summed E-state index contributed by atoms with van der Waals surface area (Å²) in [4.78, 5) is 13.0. The summed E-state index contributed by atoms with van der Waals surface area (Å²) in [7, 11) is 0. The van der Waals surface area contributed by atoms with Crippen molar-refractivity contribution in [1.82, 2.24) is 0 Å². The quantitative estimate of drug-likeness (QED) is 0.388. The van der Waals surface area contributed by atoms with E-state index < -0.39 is 17.6 Å². The fourth-order valence-corrected chi connectivity index (χ4v) is 11.1. The average Bonchev–Trinajstić information content (AvgIpc) is 2.84. The fourth-order valence-electron chi connectivity index (χ4n) is 4.45. The number of halogens is 1. The van der Waals surface area contributed by atoms with Crippen LogP contribution in [-0.4, -0.2) is 16.7 Å². The van der Waals surface area contributed by atoms with Gasteiger partial charge in [0.15, 0.2) is 0 Å². The van der Waals surface area contributed by atoms with Crippen molar-refractivity contribution in [2.24, 2.45) is 0 Å². The third-order valence-electron chi connectivity index (χ3n) is 5.93. The normalized spacial score (nSPS) is 13.6. The molecule has 0 aliphatic rings. The molecule has 156 valence electrons.